The van der Waals surface area contributed by atoms with Crippen molar-refractivity contribution in [1.29, 1.82) is 0 Å². The van der Waals surface area contributed by atoms with Crippen molar-refractivity contribution in [3.05, 3.63) is 35.4 Å². The zero-order valence-corrected chi connectivity index (χ0v) is 22.0. The van der Waals surface area contributed by atoms with Crippen LogP contribution in [0.2, 0.25) is 0 Å². The fraction of sp³-hybridized carbons (Fsp3) is 0.519. The molecule has 6 atom stereocenters. The van der Waals surface area contributed by atoms with E-state index in [2.05, 4.69) is 11.9 Å². The summed E-state index contributed by atoms with van der Waals surface area (Å²) in [7, 11) is 6.72. The molecule has 2 fully saturated rings. The fourth-order valence-electron chi connectivity index (χ4n) is 6.55. The van der Waals surface area contributed by atoms with Gasteiger partial charge in [0.05, 0.1) is 17.5 Å². The molecule has 11 heteroatoms. The van der Waals surface area contributed by atoms with Crippen molar-refractivity contribution in [2.75, 3.05) is 39.6 Å². The Kier molecular flexibility index (Phi) is 7.06. The van der Waals surface area contributed by atoms with Gasteiger partial charge in [-0.1, -0.05) is 6.08 Å². The highest BCUT2D eigenvalue weighted by molar-refractivity contribution is 6.32. The maximum Gasteiger partial charge on any atom is 0.235 e. The Morgan fingerprint density at radius 2 is 1.87 bits per heavy atom. The van der Waals surface area contributed by atoms with Crippen LogP contribution in [0.3, 0.4) is 0 Å². The van der Waals surface area contributed by atoms with E-state index in [1.807, 2.05) is 4.90 Å². The van der Waals surface area contributed by atoms with E-state index in [-0.39, 0.29) is 30.7 Å². The van der Waals surface area contributed by atoms with Gasteiger partial charge in [0.1, 0.15) is 5.75 Å². The van der Waals surface area contributed by atoms with Crippen molar-refractivity contribution < 1.29 is 34.2 Å². The first-order chi connectivity index (χ1) is 17.8. The molecular formula is C27H34N4O7. The van der Waals surface area contributed by atoms with Crippen LogP contribution in [0.4, 0.5) is 5.69 Å². The van der Waals surface area contributed by atoms with Crippen molar-refractivity contribution >= 4 is 34.7 Å². The first kappa shape index (κ1) is 27.6. The molecule has 1 amide bonds. The Labute approximate surface area is 220 Å². The predicted octanol–water partition coefficient (Wildman–Crippen LogP) is -0.791. The highest BCUT2D eigenvalue weighted by atomic mass is 16.3. The van der Waals surface area contributed by atoms with Gasteiger partial charge in [0, 0.05) is 44.4 Å². The van der Waals surface area contributed by atoms with Crippen LogP contribution in [0.1, 0.15) is 27.9 Å². The molecule has 38 heavy (non-hydrogen) atoms. The molecule has 0 aromatic heterocycles. The predicted molar refractivity (Wildman–Crippen MR) is 138 cm³/mol. The summed E-state index contributed by atoms with van der Waals surface area (Å²) >= 11 is 0. The minimum atomic E-state index is -2.74. The number of amides is 1. The number of phenolic OH excluding ortho intramolecular Hbond substituents is 1. The van der Waals surface area contributed by atoms with Crippen molar-refractivity contribution in [2.45, 2.75) is 31.0 Å². The number of anilines is 1. The first-order valence-corrected chi connectivity index (χ1v) is 12.5. The number of carbonyl (C=O) groups excluding carboxylic acids is 5. The SMILES string of the molecule is C=CCNCc1cc(N(C)C)c2c(c1O)C(=O)C1C(=O)[C@]3(O)C(=O)C(C(N)=O)C(=O)[C@@H](N(C)C)[C@@H]3C[C@@H]1C2. The highest BCUT2D eigenvalue weighted by Crippen LogP contribution is 2.52. The molecule has 0 radical (unpaired) electrons. The second kappa shape index (κ2) is 9.72. The van der Waals surface area contributed by atoms with E-state index >= 15 is 0 Å². The molecule has 2 unspecified atom stereocenters. The van der Waals surface area contributed by atoms with Gasteiger partial charge < -0.3 is 26.2 Å². The monoisotopic (exact) mass is 526 g/mol. The summed E-state index contributed by atoms with van der Waals surface area (Å²) in [6, 6.07) is 0.656. The average molecular weight is 527 g/mol. The van der Waals surface area contributed by atoms with Crippen molar-refractivity contribution in [3.8, 4) is 5.75 Å². The topological polar surface area (TPSA) is 170 Å². The van der Waals surface area contributed by atoms with Crippen LogP contribution < -0.4 is 16.0 Å². The van der Waals surface area contributed by atoms with Crippen LogP contribution >= 0.6 is 0 Å². The average Bonchev–Trinajstić information content (AvgIpc) is 2.82. The number of hydrogen-bond acceptors (Lipinski definition) is 10. The van der Waals surface area contributed by atoms with Gasteiger partial charge >= 0.3 is 0 Å². The molecule has 0 heterocycles. The van der Waals surface area contributed by atoms with Crippen molar-refractivity contribution in [1.82, 2.24) is 10.2 Å². The standard InChI is InChI=1S/C27H34N4O7/c1-6-7-29-11-13-10-16(30(2)3)14-8-12-9-15-20(31(4)5)23(34)19(26(28)37)25(36)27(15,38)24(35)17(12)22(33)18(14)21(13)32/h6,10,12,15,17,19-20,29,32,38H,1,7-9,11H2,2-5H3,(H2,28,37)/t12-,15-,17?,19?,20-,27-/m0/s1. The largest absolute Gasteiger partial charge is 0.507 e. The number of hydrogen-bond donors (Lipinski definition) is 4. The molecule has 0 aliphatic heterocycles. The van der Waals surface area contributed by atoms with E-state index in [1.165, 1.54) is 4.90 Å². The minimum absolute atomic E-state index is 0.0141. The number of fused-ring (bicyclic) bond motifs is 3. The molecule has 3 aliphatic rings. The number of ketones is 4. The van der Waals surface area contributed by atoms with Gasteiger partial charge in [-0.2, -0.15) is 0 Å². The minimum Gasteiger partial charge on any atom is -0.507 e. The molecule has 204 valence electrons. The molecule has 0 bridgehead atoms. The van der Waals surface area contributed by atoms with Gasteiger partial charge in [-0.05, 0) is 44.5 Å². The maximum atomic E-state index is 13.9. The van der Waals surface area contributed by atoms with E-state index < -0.39 is 64.4 Å². The van der Waals surface area contributed by atoms with Gasteiger partial charge in [-0.15, -0.1) is 6.58 Å². The zero-order chi connectivity index (χ0) is 28.3. The van der Waals surface area contributed by atoms with Crippen molar-refractivity contribution in [3.63, 3.8) is 0 Å². The zero-order valence-electron chi connectivity index (χ0n) is 22.0. The van der Waals surface area contributed by atoms with Crippen LogP contribution in [0.15, 0.2) is 18.7 Å². The molecule has 1 aromatic carbocycles. The number of benzene rings is 1. The second-order valence-corrected chi connectivity index (χ2v) is 10.9. The van der Waals surface area contributed by atoms with Crippen LogP contribution in [0.5, 0.6) is 5.75 Å². The number of carbonyl (C=O) groups is 5. The lowest BCUT2D eigenvalue weighted by atomic mass is 9.52. The quantitative estimate of drug-likeness (QED) is 0.201. The number of aromatic hydroxyl groups is 1. The van der Waals surface area contributed by atoms with Gasteiger partial charge in [0.2, 0.25) is 5.91 Å². The normalized spacial score (nSPS) is 30.5. The van der Waals surface area contributed by atoms with Gasteiger partial charge in [0.15, 0.2) is 34.7 Å². The van der Waals surface area contributed by atoms with Gasteiger partial charge in [-0.3, -0.25) is 28.9 Å². The lowest BCUT2D eigenvalue weighted by molar-refractivity contribution is -0.181. The van der Waals surface area contributed by atoms with E-state index in [0.29, 0.717) is 23.4 Å². The molecule has 4 rings (SSSR count). The first-order valence-electron chi connectivity index (χ1n) is 12.5. The summed E-state index contributed by atoms with van der Waals surface area (Å²) in [6.07, 6.45) is 1.88. The summed E-state index contributed by atoms with van der Waals surface area (Å²) in [6.45, 7) is 4.35. The van der Waals surface area contributed by atoms with Crippen LogP contribution in [0, 0.1) is 23.7 Å². The van der Waals surface area contributed by atoms with Crippen molar-refractivity contribution in [2.24, 2.45) is 29.4 Å². The maximum absolute atomic E-state index is 13.9. The van der Waals surface area contributed by atoms with E-state index in [1.54, 1.807) is 40.3 Å². The number of rotatable bonds is 7. The Morgan fingerprint density at radius 3 is 2.42 bits per heavy atom. The van der Waals surface area contributed by atoms with E-state index in [0.717, 1.165) is 0 Å². The summed E-state index contributed by atoms with van der Waals surface area (Å²) in [4.78, 5) is 69.8. The third-order valence-corrected chi connectivity index (χ3v) is 8.20. The van der Waals surface area contributed by atoms with Crippen LogP contribution in [-0.4, -0.2) is 90.5 Å². The third-order valence-electron chi connectivity index (χ3n) is 8.20. The fourth-order valence-corrected chi connectivity index (χ4v) is 6.55. The number of phenols is 1. The van der Waals surface area contributed by atoms with Crippen LogP contribution in [0.25, 0.3) is 0 Å². The molecule has 0 saturated heterocycles. The Morgan fingerprint density at radius 1 is 1.21 bits per heavy atom. The molecule has 5 N–H and O–H groups in total. The number of likely N-dealkylation sites (N-methyl/N-ethyl adjacent to an activating group) is 1. The summed E-state index contributed by atoms with van der Waals surface area (Å²) in [5.41, 5.74) is 4.31. The summed E-state index contributed by atoms with van der Waals surface area (Å²) in [5, 5.41) is 25.9. The third kappa shape index (κ3) is 3.88. The Bertz CT molecular complexity index is 1260. The molecule has 1 aromatic rings. The Hall–Kier alpha value is -3.41. The number of primary amides is 1. The molecule has 0 spiro atoms. The lowest BCUT2D eigenvalue weighted by Gasteiger charge is -2.52. The van der Waals surface area contributed by atoms with Crippen LogP contribution in [-0.2, 0) is 32.1 Å². The molecule has 3 aliphatic carbocycles. The second-order valence-electron chi connectivity index (χ2n) is 10.9. The van der Waals surface area contributed by atoms with Gasteiger partial charge in [-0.25, -0.2) is 0 Å². The number of nitrogens with zero attached hydrogens (tertiary/aromatic N) is 2. The van der Waals surface area contributed by atoms with Gasteiger partial charge in [0.25, 0.3) is 0 Å². The highest BCUT2D eigenvalue weighted by Gasteiger charge is 2.69. The van der Waals surface area contributed by atoms with E-state index in [9.17, 15) is 34.2 Å². The molecule has 2 saturated carbocycles. The van der Waals surface area contributed by atoms with E-state index in [4.69, 9.17) is 5.73 Å². The smallest absolute Gasteiger partial charge is 0.235 e. The lowest BCUT2D eigenvalue weighted by Crippen LogP contribution is -2.74. The number of aliphatic hydroxyl groups is 1. The Balaban J connectivity index is 1.86. The summed E-state index contributed by atoms with van der Waals surface area (Å²) in [5.74, 6) is -10.5. The number of nitrogens with one attached hydrogen (secondary N) is 1. The number of nitrogens with two attached hydrogens (primary N) is 1. The molecular weight excluding hydrogens is 492 g/mol. The number of Topliss-reactive ketones (excluding diaryl/α,β-unsaturated/α-hetero) is 4. The summed E-state index contributed by atoms with van der Waals surface area (Å²) < 4.78 is 0. The molecule has 11 nitrogen and oxygen atoms in total.